The van der Waals surface area contributed by atoms with Crippen molar-refractivity contribution in [1.29, 1.82) is 0 Å². The van der Waals surface area contributed by atoms with Gasteiger partial charge in [0.05, 0.1) is 0 Å². The maximum Gasteiger partial charge on any atom is 0.143 e. The fourth-order valence-electron chi connectivity index (χ4n) is 7.87. The number of para-hydroxylation sites is 3. The Hall–Kier alpha value is -6.62. The number of anilines is 3. The summed E-state index contributed by atoms with van der Waals surface area (Å²) in [6.45, 7) is 0. The molecular weight excluding hydrogens is 655 g/mol. The quantitative estimate of drug-likeness (QED) is 0.181. The van der Waals surface area contributed by atoms with Crippen molar-refractivity contribution in [2.75, 3.05) is 4.90 Å². The minimum absolute atomic E-state index is 0.865. The fourth-order valence-corrected chi connectivity index (χ4v) is 9.00. The third-order valence-corrected chi connectivity index (χ3v) is 11.4. The molecule has 0 aliphatic carbocycles. The second-order valence-corrected chi connectivity index (χ2v) is 14.3. The van der Waals surface area contributed by atoms with Crippen LogP contribution >= 0.6 is 11.3 Å². The summed E-state index contributed by atoms with van der Waals surface area (Å²) >= 11 is 1.85. The average molecular weight is 684 g/mol. The monoisotopic (exact) mass is 683 g/mol. The molecule has 0 amide bonds. The summed E-state index contributed by atoms with van der Waals surface area (Å²) in [7, 11) is 0. The zero-order chi connectivity index (χ0) is 34.2. The summed E-state index contributed by atoms with van der Waals surface area (Å²) in [5.41, 5.74) is 11.3. The van der Waals surface area contributed by atoms with Crippen molar-refractivity contribution >= 4 is 92.4 Å². The highest BCUT2D eigenvalue weighted by Gasteiger charge is 2.18. The molecule has 0 atom stereocenters. The predicted molar refractivity (Wildman–Crippen MR) is 219 cm³/mol. The molecule has 52 heavy (non-hydrogen) atoms. The van der Waals surface area contributed by atoms with Crippen LogP contribution in [0.25, 0.3) is 86.3 Å². The Balaban J connectivity index is 1.04. The lowest BCUT2D eigenvalue weighted by Crippen LogP contribution is -2.09. The Morgan fingerprint density at radius 1 is 0.365 bits per heavy atom. The van der Waals surface area contributed by atoms with Gasteiger partial charge >= 0.3 is 0 Å². The number of hydrogen-bond acceptors (Lipinski definition) is 4. The molecule has 0 saturated heterocycles. The Bertz CT molecular complexity index is 3130. The Morgan fingerprint density at radius 3 is 1.67 bits per heavy atom. The van der Waals surface area contributed by atoms with Gasteiger partial charge in [-0.2, -0.15) is 0 Å². The van der Waals surface area contributed by atoms with Crippen LogP contribution in [0.5, 0.6) is 0 Å². The van der Waals surface area contributed by atoms with Crippen LogP contribution in [0.3, 0.4) is 0 Å². The van der Waals surface area contributed by atoms with E-state index in [1.807, 2.05) is 35.6 Å². The molecule has 8 aromatic carbocycles. The Morgan fingerprint density at radius 2 is 0.904 bits per heavy atom. The number of furan rings is 2. The van der Waals surface area contributed by atoms with Gasteiger partial charge in [0.2, 0.25) is 0 Å². The molecule has 0 aliphatic rings. The first kappa shape index (κ1) is 29.1. The molecule has 3 heterocycles. The molecule has 4 heteroatoms. The van der Waals surface area contributed by atoms with E-state index in [0.29, 0.717) is 0 Å². The SMILES string of the molecule is c1ccc2c(c1)oc1cc(N(c3ccc(-c4cccc5c4oc4ccccc45)cc3)c3ccc(-c4cccc5sc6ccccc6c45)cc3)ccc12. The number of nitrogens with zero attached hydrogens (tertiary/aromatic N) is 1. The van der Waals surface area contributed by atoms with Crippen molar-refractivity contribution in [2.45, 2.75) is 0 Å². The lowest BCUT2D eigenvalue weighted by molar-refractivity contribution is 0.669. The minimum atomic E-state index is 0.865. The first-order chi connectivity index (χ1) is 25.8. The maximum atomic E-state index is 6.39. The highest BCUT2D eigenvalue weighted by molar-refractivity contribution is 7.25. The number of benzene rings is 8. The van der Waals surface area contributed by atoms with Gasteiger partial charge in [-0.15, -0.1) is 11.3 Å². The lowest BCUT2D eigenvalue weighted by atomic mass is 9.99. The first-order valence-corrected chi connectivity index (χ1v) is 18.3. The van der Waals surface area contributed by atoms with Crippen LogP contribution in [0.4, 0.5) is 17.1 Å². The second kappa shape index (κ2) is 11.5. The van der Waals surface area contributed by atoms with E-state index in [9.17, 15) is 0 Å². The molecule has 0 fully saturated rings. The van der Waals surface area contributed by atoms with Crippen LogP contribution in [0.2, 0.25) is 0 Å². The molecule has 11 rings (SSSR count). The molecule has 3 aromatic heterocycles. The lowest BCUT2D eigenvalue weighted by Gasteiger charge is -2.26. The highest BCUT2D eigenvalue weighted by Crippen LogP contribution is 2.43. The Labute approximate surface area is 303 Å². The third kappa shape index (κ3) is 4.51. The zero-order valence-corrected chi connectivity index (χ0v) is 28.7. The first-order valence-electron chi connectivity index (χ1n) is 17.5. The summed E-state index contributed by atoms with van der Waals surface area (Å²) < 4.78 is 15.4. The maximum absolute atomic E-state index is 6.39. The van der Waals surface area contributed by atoms with Crippen molar-refractivity contribution < 1.29 is 8.83 Å². The largest absolute Gasteiger partial charge is 0.456 e. The van der Waals surface area contributed by atoms with Crippen molar-refractivity contribution in [1.82, 2.24) is 0 Å². The summed E-state index contributed by atoms with van der Waals surface area (Å²) in [6, 6.07) is 62.5. The van der Waals surface area contributed by atoms with Crippen molar-refractivity contribution in [2.24, 2.45) is 0 Å². The van der Waals surface area contributed by atoms with E-state index in [4.69, 9.17) is 8.83 Å². The van der Waals surface area contributed by atoms with Crippen molar-refractivity contribution in [3.63, 3.8) is 0 Å². The number of fused-ring (bicyclic) bond motifs is 9. The van der Waals surface area contributed by atoms with Gasteiger partial charge in [-0.05, 0) is 77.4 Å². The van der Waals surface area contributed by atoms with Crippen LogP contribution in [0.15, 0.2) is 185 Å². The zero-order valence-electron chi connectivity index (χ0n) is 27.9. The topological polar surface area (TPSA) is 29.5 Å². The molecule has 0 saturated carbocycles. The van der Waals surface area contributed by atoms with Crippen LogP contribution in [0, 0.1) is 0 Å². The molecular formula is C48H29NO2S. The smallest absolute Gasteiger partial charge is 0.143 e. The summed E-state index contributed by atoms with van der Waals surface area (Å²) in [5.74, 6) is 0. The van der Waals surface area contributed by atoms with Gasteiger partial charge in [0, 0.05) is 70.4 Å². The molecule has 0 radical (unpaired) electrons. The molecule has 244 valence electrons. The number of rotatable bonds is 5. The van der Waals surface area contributed by atoms with E-state index in [2.05, 4.69) is 157 Å². The summed E-state index contributed by atoms with van der Waals surface area (Å²) in [6.07, 6.45) is 0. The van der Waals surface area contributed by atoms with Gasteiger partial charge in [0.25, 0.3) is 0 Å². The summed E-state index contributed by atoms with van der Waals surface area (Å²) in [5, 5.41) is 7.12. The summed E-state index contributed by atoms with van der Waals surface area (Å²) in [4.78, 5) is 2.31. The second-order valence-electron chi connectivity index (χ2n) is 13.3. The number of hydrogen-bond donors (Lipinski definition) is 0. The normalized spacial score (nSPS) is 11.8. The van der Waals surface area contributed by atoms with Gasteiger partial charge in [0.1, 0.15) is 22.3 Å². The third-order valence-electron chi connectivity index (χ3n) is 10.3. The van der Waals surface area contributed by atoms with Gasteiger partial charge < -0.3 is 13.7 Å². The molecule has 11 aromatic rings. The van der Waals surface area contributed by atoms with Gasteiger partial charge in [0.15, 0.2) is 0 Å². The van der Waals surface area contributed by atoms with Crippen molar-refractivity contribution in [3.05, 3.63) is 176 Å². The highest BCUT2D eigenvalue weighted by atomic mass is 32.1. The minimum Gasteiger partial charge on any atom is -0.456 e. The van der Waals surface area contributed by atoms with E-state index >= 15 is 0 Å². The van der Waals surface area contributed by atoms with E-state index in [0.717, 1.165) is 72.1 Å². The van der Waals surface area contributed by atoms with E-state index < -0.39 is 0 Å². The number of thiophene rings is 1. The van der Waals surface area contributed by atoms with E-state index in [1.54, 1.807) is 0 Å². The van der Waals surface area contributed by atoms with Crippen LogP contribution in [-0.2, 0) is 0 Å². The van der Waals surface area contributed by atoms with Gasteiger partial charge in [-0.25, -0.2) is 0 Å². The van der Waals surface area contributed by atoms with E-state index in [1.165, 1.54) is 31.3 Å². The molecule has 3 nitrogen and oxygen atoms in total. The van der Waals surface area contributed by atoms with Crippen LogP contribution in [0.1, 0.15) is 0 Å². The average Bonchev–Trinajstić information content (AvgIpc) is 3.90. The van der Waals surface area contributed by atoms with Crippen LogP contribution in [-0.4, -0.2) is 0 Å². The van der Waals surface area contributed by atoms with Gasteiger partial charge in [-0.1, -0.05) is 109 Å². The molecule has 0 spiro atoms. The fraction of sp³-hybridized carbons (Fsp3) is 0. The molecule has 0 aliphatic heterocycles. The van der Waals surface area contributed by atoms with E-state index in [-0.39, 0.29) is 0 Å². The van der Waals surface area contributed by atoms with Crippen molar-refractivity contribution in [3.8, 4) is 22.3 Å². The van der Waals surface area contributed by atoms with Gasteiger partial charge in [-0.3, -0.25) is 0 Å². The molecule has 0 N–H and O–H groups in total. The molecule has 0 unspecified atom stereocenters. The predicted octanol–water partition coefficient (Wildman–Crippen LogP) is 14.7. The standard InChI is InChI=1S/C48H29NO2S/c1-4-15-42-37(9-1)39-28-27-34(29-44(39)50-42)49(32-23-19-30(20-24-32)35-12-8-18-46-47(35)41-11-3-6-17-45(41)52-46)33-25-21-31(22-26-33)36-13-7-14-40-38-10-2-5-16-43(38)51-48(36)40/h1-29H. The molecule has 0 bridgehead atoms. The Kier molecular flexibility index (Phi) is 6.42. The van der Waals surface area contributed by atoms with Crippen LogP contribution < -0.4 is 4.90 Å².